The van der Waals surface area contributed by atoms with E-state index in [1.54, 1.807) is 26.2 Å². The van der Waals surface area contributed by atoms with Gasteiger partial charge < -0.3 is 25.8 Å². The van der Waals surface area contributed by atoms with Crippen molar-refractivity contribution in [2.24, 2.45) is 0 Å². The van der Waals surface area contributed by atoms with E-state index in [0.29, 0.717) is 55.0 Å². The quantitative estimate of drug-likeness (QED) is 0.221. The van der Waals surface area contributed by atoms with E-state index in [4.69, 9.17) is 0 Å². The lowest BCUT2D eigenvalue weighted by molar-refractivity contribution is -0.135. The molecule has 0 aliphatic heterocycles. The van der Waals surface area contributed by atoms with Gasteiger partial charge >= 0.3 is 0 Å². The number of nitrogens with zero attached hydrogens (tertiary/aromatic N) is 5. The first kappa shape index (κ1) is 28.5. The van der Waals surface area contributed by atoms with Gasteiger partial charge in [-0.1, -0.05) is 17.9 Å². The molecule has 1 aliphatic carbocycles. The van der Waals surface area contributed by atoms with E-state index < -0.39 is 11.9 Å². The molecular weight excluding hydrogens is 487 g/mol. The van der Waals surface area contributed by atoms with Gasteiger partial charge in [-0.25, -0.2) is 9.37 Å². The molecule has 10 nitrogen and oxygen atoms in total. The molecule has 0 saturated heterocycles. The van der Waals surface area contributed by atoms with Gasteiger partial charge in [0.2, 0.25) is 17.8 Å². The molecule has 3 rings (SSSR count). The Bertz CT molecular complexity index is 1200. The van der Waals surface area contributed by atoms with Crippen molar-refractivity contribution < 1.29 is 14.0 Å². The average molecular weight is 523 g/mol. The summed E-state index contributed by atoms with van der Waals surface area (Å²) in [5.74, 6) is 6.27. The molecular formula is C27H35FN8O2. The molecule has 38 heavy (non-hydrogen) atoms. The summed E-state index contributed by atoms with van der Waals surface area (Å²) in [5, 5.41) is 9.18. The SMILES string of the molecule is C[C@@H](C(=O)NCCCC#Cc1cnc(Nc2cncc(F)c2)nc1NC1CC1)N(C)C(=O)C=CCN(C)C. The highest BCUT2D eigenvalue weighted by Crippen LogP contribution is 2.26. The topological polar surface area (TPSA) is 115 Å². The van der Waals surface area contributed by atoms with Crippen LogP contribution in [0.15, 0.2) is 36.8 Å². The third kappa shape index (κ3) is 9.44. The molecule has 0 bridgehead atoms. The number of hydrogen-bond donors (Lipinski definition) is 3. The molecule has 0 unspecified atom stereocenters. The van der Waals surface area contributed by atoms with Crippen LogP contribution < -0.4 is 16.0 Å². The number of carbonyl (C=O) groups is 2. The highest BCUT2D eigenvalue weighted by Gasteiger charge is 2.23. The molecule has 1 fully saturated rings. The monoisotopic (exact) mass is 522 g/mol. The minimum absolute atomic E-state index is 0.212. The Hall–Kier alpha value is -4.04. The zero-order valence-corrected chi connectivity index (χ0v) is 22.3. The Morgan fingerprint density at radius 1 is 1.24 bits per heavy atom. The first-order valence-corrected chi connectivity index (χ1v) is 12.6. The predicted octanol–water partition coefficient (Wildman–Crippen LogP) is 2.54. The average Bonchev–Trinajstić information content (AvgIpc) is 3.70. The lowest BCUT2D eigenvalue weighted by Crippen LogP contribution is -2.45. The third-order valence-electron chi connectivity index (χ3n) is 5.71. The van der Waals surface area contributed by atoms with Crippen molar-refractivity contribution in [1.29, 1.82) is 0 Å². The van der Waals surface area contributed by atoms with E-state index in [1.165, 1.54) is 23.2 Å². The van der Waals surface area contributed by atoms with Gasteiger partial charge in [-0.2, -0.15) is 4.98 Å². The zero-order valence-electron chi connectivity index (χ0n) is 22.3. The minimum atomic E-state index is -0.582. The smallest absolute Gasteiger partial charge is 0.246 e. The fourth-order valence-corrected chi connectivity index (χ4v) is 3.22. The lowest BCUT2D eigenvalue weighted by atomic mass is 10.2. The number of hydrogen-bond acceptors (Lipinski definition) is 8. The van der Waals surface area contributed by atoms with Gasteiger partial charge in [0.25, 0.3) is 0 Å². The van der Waals surface area contributed by atoms with Crippen molar-refractivity contribution >= 4 is 29.3 Å². The molecule has 11 heteroatoms. The molecule has 2 amide bonds. The fraction of sp³-hybridized carbons (Fsp3) is 0.444. The third-order valence-corrected chi connectivity index (χ3v) is 5.71. The van der Waals surface area contributed by atoms with E-state index in [9.17, 15) is 14.0 Å². The number of halogens is 1. The number of amides is 2. The van der Waals surface area contributed by atoms with Crippen molar-refractivity contribution in [3.63, 3.8) is 0 Å². The molecule has 1 aliphatic rings. The summed E-state index contributed by atoms with van der Waals surface area (Å²) in [6.07, 6.45) is 10.9. The first-order chi connectivity index (χ1) is 18.2. The summed E-state index contributed by atoms with van der Waals surface area (Å²) < 4.78 is 13.4. The Balaban J connectivity index is 1.48. The molecule has 1 saturated carbocycles. The van der Waals surface area contributed by atoms with Crippen LogP contribution in [0.4, 0.5) is 21.8 Å². The van der Waals surface area contributed by atoms with Gasteiger partial charge in [0.15, 0.2) is 0 Å². The van der Waals surface area contributed by atoms with Crippen molar-refractivity contribution in [2.45, 2.75) is 44.7 Å². The normalized spacial score (nSPS) is 13.5. The van der Waals surface area contributed by atoms with E-state index in [0.717, 1.165) is 19.0 Å². The Morgan fingerprint density at radius 2 is 2.03 bits per heavy atom. The van der Waals surface area contributed by atoms with E-state index >= 15 is 0 Å². The largest absolute Gasteiger partial charge is 0.366 e. The Morgan fingerprint density at radius 3 is 2.74 bits per heavy atom. The molecule has 202 valence electrons. The number of carbonyl (C=O) groups excluding carboxylic acids is 2. The Labute approximate surface area is 223 Å². The van der Waals surface area contributed by atoms with Crippen LogP contribution in [0, 0.1) is 17.7 Å². The maximum atomic E-state index is 13.4. The molecule has 0 aromatic carbocycles. The predicted molar refractivity (Wildman–Crippen MR) is 145 cm³/mol. The number of anilines is 3. The molecule has 2 aromatic rings. The number of unbranched alkanes of at least 4 members (excludes halogenated alkanes) is 1. The number of aromatic nitrogens is 3. The Kier molecular flexibility index (Phi) is 10.5. The van der Waals surface area contributed by atoms with E-state index in [-0.39, 0.29) is 11.8 Å². The second-order valence-corrected chi connectivity index (χ2v) is 9.38. The standard InChI is InChI=1S/C27H35FN8O2/c1-19(36(4)24(37)10-8-14-35(2)3)26(38)30-13-7-5-6-9-20-16-31-27(34-25(20)32-22-11-12-22)33-23-15-21(28)17-29-18-23/h8,10,15-19,22H,5,7,11-14H2,1-4H3,(H,30,38)(H2,31,32,33,34)/t19-/m0/s1. The summed E-state index contributed by atoms with van der Waals surface area (Å²) in [6, 6.07) is 1.10. The van der Waals surface area contributed by atoms with Crippen molar-refractivity contribution in [3.8, 4) is 11.8 Å². The van der Waals surface area contributed by atoms with Crippen LogP contribution in [0.3, 0.4) is 0 Å². The maximum Gasteiger partial charge on any atom is 0.246 e. The first-order valence-electron chi connectivity index (χ1n) is 12.6. The summed E-state index contributed by atoms with van der Waals surface area (Å²) >= 11 is 0. The zero-order chi connectivity index (χ0) is 27.5. The highest BCUT2D eigenvalue weighted by atomic mass is 19.1. The van der Waals surface area contributed by atoms with Gasteiger partial charge in [-0.05, 0) is 40.3 Å². The van der Waals surface area contributed by atoms with Crippen LogP contribution >= 0.6 is 0 Å². The molecule has 0 spiro atoms. The molecule has 1 atom stereocenters. The van der Waals surface area contributed by atoms with Crippen molar-refractivity contribution in [2.75, 3.05) is 44.9 Å². The van der Waals surface area contributed by atoms with Crippen LogP contribution in [-0.4, -0.2) is 82.9 Å². The van der Waals surface area contributed by atoms with Crippen LogP contribution in [0.1, 0.15) is 38.2 Å². The van der Waals surface area contributed by atoms with Gasteiger partial charge in [0.05, 0.1) is 29.8 Å². The summed E-state index contributed by atoms with van der Waals surface area (Å²) in [6.45, 7) is 2.80. The maximum absolute atomic E-state index is 13.4. The van der Waals surface area contributed by atoms with Crippen LogP contribution in [0.2, 0.25) is 0 Å². The highest BCUT2D eigenvalue weighted by molar-refractivity contribution is 5.92. The number of nitrogens with one attached hydrogen (secondary N) is 3. The summed E-state index contributed by atoms with van der Waals surface area (Å²) in [5.41, 5.74) is 1.12. The van der Waals surface area contributed by atoms with E-state index in [1.807, 2.05) is 19.0 Å². The van der Waals surface area contributed by atoms with Crippen molar-refractivity contribution in [1.82, 2.24) is 30.1 Å². The van der Waals surface area contributed by atoms with Crippen molar-refractivity contribution in [3.05, 3.63) is 48.2 Å². The van der Waals surface area contributed by atoms with Gasteiger partial charge in [-0.15, -0.1) is 0 Å². The van der Waals surface area contributed by atoms with Gasteiger partial charge in [-0.3, -0.25) is 14.6 Å². The van der Waals surface area contributed by atoms with Crippen LogP contribution in [0.25, 0.3) is 0 Å². The summed E-state index contributed by atoms with van der Waals surface area (Å²) in [4.78, 5) is 40.6. The summed E-state index contributed by atoms with van der Waals surface area (Å²) in [7, 11) is 5.45. The minimum Gasteiger partial charge on any atom is -0.366 e. The second-order valence-electron chi connectivity index (χ2n) is 9.38. The van der Waals surface area contributed by atoms with Crippen LogP contribution in [-0.2, 0) is 9.59 Å². The van der Waals surface area contributed by atoms with E-state index in [2.05, 4.69) is 42.7 Å². The van der Waals surface area contributed by atoms with Gasteiger partial charge in [0, 0.05) is 44.7 Å². The second kappa shape index (κ2) is 14.0. The number of likely N-dealkylation sites (N-methyl/N-ethyl adjacent to an activating group) is 2. The molecule has 0 radical (unpaired) electrons. The lowest BCUT2D eigenvalue weighted by Gasteiger charge is -2.23. The molecule has 2 aromatic heterocycles. The molecule has 3 N–H and O–H groups in total. The molecule has 2 heterocycles. The van der Waals surface area contributed by atoms with Gasteiger partial charge in [0.1, 0.15) is 17.7 Å². The number of pyridine rings is 1. The number of rotatable bonds is 12. The van der Waals surface area contributed by atoms with Crippen LogP contribution in [0.5, 0.6) is 0 Å². The fourth-order valence-electron chi connectivity index (χ4n) is 3.22.